The van der Waals surface area contributed by atoms with Crippen LogP contribution >= 0.6 is 0 Å². The SMILES string of the molecule is Cc1ccc(S(=O)(=O)NCc2ccco2)cc1C(=O)NC1CCCN(Cc2ccccc2)C1. The Morgan fingerprint density at radius 3 is 2.70 bits per heavy atom. The molecule has 3 aromatic rings. The van der Waals surface area contributed by atoms with Gasteiger partial charge in [0.1, 0.15) is 5.76 Å². The standard InChI is InChI=1S/C25H29N3O4S/c1-19-11-12-23(33(30,31)26-16-22-10-6-14-32-22)15-24(19)25(29)27-21-9-5-13-28(18-21)17-20-7-3-2-4-8-20/h2-4,6-8,10-12,14-15,21,26H,5,9,13,16-18H2,1H3,(H,27,29). The number of furan rings is 1. The Kier molecular flexibility index (Phi) is 7.27. The van der Waals surface area contributed by atoms with Crippen molar-refractivity contribution in [1.82, 2.24) is 14.9 Å². The summed E-state index contributed by atoms with van der Waals surface area (Å²) in [5, 5.41) is 3.11. The van der Waals surface area contributed by atoms with Gasteiger partial charge in [-0.1, -0.05) is 36.4 Å². The second-order valence-corrected chi connectivity index (χ2v) is 10.2. The first-order valence-electron chi connectivity index (χ1n) is 11.1. The van der Waals surface area contributed by atoms with Crippen molar-refractivity contribution >= 4 is 15.9 Å². The van der Waals surface area contributed by atoms with Crippen LogP contribution in [0.15, 0.2) is 76.2 Å². The molecule has 174 valence electrons. The molecule has 0 bridgehead atoms. The molecule has 2 heterocycles. The van der Waals surface area contributed by atoms with Crippen molar-refractivity contribution < 1.29 is 17.6 Å². The van der Waals surface area contributed by atoms with Gasteiger partial charge in [0.15, 0.2) is 0 Å². The van der Waals surface area contributed by atoms with Gasteiger partial charge in [0.25, 0.3) is 5.91 Å². The van der Waals surface area contributed by atoms with Gasteiger partial charge in [0.05, 0.1) is 17.7 Å². The number of aryl methyl sites for hydroxylation is 1. The number of amides is 1. The summed E-state index contributed by atoms with van der Waals surface area (Å²) >= 11 is 0. The normalized spacial score (nSPS) is 17.1. The lowest BCUT2D eigenvalue weighted by molar-refractivity contribution is 0.0900. The van der Waals surface area contributed by atoms with Crippen molar-refractivity contribution in [2.75, 3.05) is 13.1 Å². The van der Waals surface area contributed by atoms with Crippen LogP contribution in [0.1, 0.15) is 40.1 Å². The van der Waals surface area contributed by atoms with Crippen LogP contribution < -0.4 is 10.0 Å². The second-order valence-electron chi connectivity index (χ2n) is 8.41. The first-order valence-corrected chi connectivity index (χ1v) is 12.6. The molecule has 2 aromatic carbocycles. The number of nitrogens with zero attached hydrogens (tertiary/aromatic N) is 1. The van der Waals surface area contributed by atoms with E-state index in [0.29, 0.717) is 11.3 Å². The topological polar surface area (TPSA) is 91.6 Å². The molecule has 4 rings (SSSR count). The molecule has 1 fully saturated rings. The van der Waals surface area contributed by atoms with E-state index in [-0.39, 0.29) is 23.4 Å². The highest BCUT2D eigenvalue weighted by molar-refractivity contribution is 7.89. The summed E-state index contributed by atoms with van der Waals surface area (Å²) in [5.41, 5.74) is 2.35. The van der Waals surface area contributed by atoms with Crippen LogP contribution in [0.25, 0.3) is 0 Å². The van der Waals surface area contributed by atoms with E-state index in [4.69, 9.17) is 4.42 Å². The summed E-state index contributed by atoms with van der Waals surface area (Å²) < 4.78 is 33.2. The van der Waals surface area contributed by atoms with E-state index in [1.54, 1.807) is 18.2 Å². The van der Waals surface area contributed by atoms with Crippen molar-refractivity contribution in [1.29, 1.82) is 0 Å². The second kappa shape index (κ2) is 10.3. The maximum Gasteiger partial charge on any atom is 0.251 e. The fourth-order valence-corrected chi connectivity index (χ4v) is 5.12. The molecule has 33 heavy (non-hydrogen) atoms. The Bertz CT molecular complexity index is 1180. The third-order valence-electron chi connectivity index (χ3n) is 5.87. The average molecular weight is 468 g/mol. The number of sulfonamides is 1. The summed E-state index contributed by atoms with van der Waals surface area (Å²) in [6.45, 7) is 4.47. The predicted octanol–water partition coefficient (Wildman–Crippen LogP) is 3.46. The first-order chi connectivity index (χ1) is 15.9. The van der Waals surface area contributed by atoms with Crippen LogP contribution in [-0.4, -0.2) is 38.4 Å². The van der Waals surface area contributed by atoms with Gasteiger partial charge in [-0.05, 0) is 61.7 Å². The highest BCUT2D eigenvalue weighted by Gasteiger charge is 2.24. The van der Waals surface area contributed by atoms with Crippen molar-refractivity contribution in [2.45, 2.75) is 43.8 Å². The third kappa shape index (κ3) is 6.10. The van der Waals surface area contributed by atoms with Gasteiger partial charge in [0, 0.05) is 24.7 Å². The highest BCUT2D eigenvalue weighted by Crippen LogP contribution is 2.18. The maximum absolute atomic E-state index is 13.1. The summed E-state index contributed by atoms with van der Waals surface area (Å²) in [7, 11) is -3.78. The van der Waals surface area contributed by atoms with Crippen LogP contribution in [0.5, 0.6) is 0 Å². The van der Waals surface area contributed by atoms with Gasteiger partial charge in [-0.3, -0.25) is 9.69 Å². The number of piperidine rings is 1. The van der Waals surface area contributed by atoms with Gasteiger partial charge in [0.2, 0.25) is 10.0 Å². The molecule has 1 saturated heterocycles. The zero-order chi connectivity index (χ0) is 23.3. The van der Waals surface area contributed by atoms with Crippen LogP contribution in [0.4, 0.5) is 0 Å². The summed E-state index contributed by atoms with van der Waals surface area (Å²) in [6, 6.07) is 18.3. The van der Waals surface area contributed by atoms with Crippen molar-refractivity contribution in [3.8, 4) is 0 Å². The monoisotopic (exact) mass is 467 g/mol. The minimum atomic E-state index is -3.78. The fourth-order valence-electron chi connectivity index (χ4n) is 4.10. The van der Waals surface area contributed by atoms with Gasteiger partial charge in [-0.25, -0.2) is 13.1 Å². The van der Waals surface area contributed by atoms with E-state index in [0.717, 1.165) is 38.0 Å². The van der Waals surface area contributed by atoms with Gasteiger partial charge in [-0.15, -0.1) is 0 Å². The van der Waals surface area contributed by atoms with E-state index in [9.17, 15) is 13.2 Å². The van der Waals surface area contributed by atoms with Crippen LogP contribution in [0, 0.1) is 6.92 Å². The van der Waals surface area contributed by atoms with E-state index >= 15 is 0 Å². The maximum atomic E-state index is 13.1. The zero-order valence-corrected chi connectivity index (χ0v) is 19.5. The molecule has 0 radical (unpaired) electrons. The molecular formula is C25H29N3O4S. The molecule has 1 atom stereocenters. The zero-order valence-electron chi connectivity index (χ0n) is 18.7. The van der Waals surface area contributed by atoms with Gasteiger partial charge < -0.3 is 9.73 Å². The average Bonchev–Trinajstić information content (AvgIpc) is 3.33. The molecule has 1 aromatic heterocycles. The number of nitrogens with one attached hydrogen (secondary N) is 2. The number of benzene rings is 2. The molecule has 1 amide bonds. The minimum absolute atomic E-state index is 0.0201. The summed E-state index contributed by atoms with van der Waals surface area (Å²) in [4.78, 5) is 15.5. The number of hydrogen-bond donors (Lipinski definition) is 2. The molecule has 2 N–H and O–H groups in total. The summed E-state index contributed by atoms with van der Waals surface area (Å²) in [5.74, 6) is 0.267. The van der Waals surface area contributed by atoms with Crippen molar-refractivity contribution in [3.05, 3.63) is 89.4 Å². The first kappa shape index (κ1) is 23.2. The summed E-state index contributed by atoms with van der Waals surface area (Å²) in [6.07, 6.45) is 3.39. The minimum Gasteiger partial charge on any atom is -0.468 e. The van der Waals surface area contributed by atoms with Crippen LogP contribution in [0.2, 0.25) is 0 Å². The molecule has 8 heteroatoms. The Morgan fingerprint density at radius 1 is 1.12 bits per heavy atom. The number of rotatable bonds is 8. The van der Waals surface area contributed by atoms with E-state index < -0.39 is 10.0 Å². The van der Waals surface area contributed by atoms with Crippen LogP contribution in [0.3, 0.4) is 0 Å². The molecule has 0 spiro atoms. The Labute approximate surface area is 194 Å². The predicted molar refractivity (Wildman–Crippen MR) is 126 cm³/mol. The van der Waals surface area contributed by atoms with Gasteiger partial charge >= 0.3 is 0 Å². The fraction of sp³-hybridized carbons (Fsp3) is 0.320. The Balaban J connectivity index is 1.41. The molecular weight excluding hydrogens is 438 g/mol. The smallest absolute Gasteiger partial charge is 0.251 e. The molecule has 1 aliphatic rings. The van der Waals surface area contributed by atoms with E-state index in [1.807, 2.05) is 25.1 Å². The van der Waals surface area contributed by atoms with Crippen LogP contribution in [-0.2, 0) is 23.1 Å². The van der Waals surface area contributed by atoms with Crippen molar-refractivity contribution in [2.24, 2.45) is 0 Å². The van der Waals surface area contributed by atoms with E-state index in [1.165, 1.54) is 24.0 Å². The van der Waals surface area contributed by atoms with E-state index in [2.05, 4.69) is 27.1 Å². The Hall–Kier alpha value is -2.94. The Morgan fingerprint density at radius 2 is 1.94 bits per heavy atom. The molecule has 0 aliphatic carbocycles. The third-order valence-corrected chi connectivity index (χ3v) is 7.27. The van der Waals surface area contributed by atoms with Crippen molar-refractivity contribution in [3.63, 3.8) is 0 Å². The molecule has 0 saturated carbocycles. The number of likely N-dealkylation sites (tertiary alicyclic amines) is 1. The molecule has 7 nitrogen and oxygen atoms in total. The lowest BCUT2D eigenvalue weighted by atomic mass is 10.0. The lowest BCUT2D eigenvalue weighted by Gasteiger charge is -2.33. The number of carbonyl (C=O) groups is 1. The lowest BCUT2D eigenvalue weighted by Crippen LogP contribution is -2.47. The number of carbonyl (C=O) groups excluding carboxylic acids is 1. The largest absolute Gasteiger partial charge is 0.468 e. The molecule has 1 unspecified atom stereocenters. The quantitative estimate of drug-likeness (QED) is 0.529. The number of hydrogen-bond acceptors (Lipinski definition) is 5. The van der Waals surface area contributed by atoms with Gasteiger partial charge in [-0.2, -0.15) is 0 Å². The molecule has 1 aliphatic heterocycles. The highest BCUT2D eigenvalue weighted by atomic mass is 32.2.